The first kappa shape index (κ1) is 13.5. The van der Waals surface area contributed by atoms with Crippen LogP contribution in [-0.4, -0.2) is 30.7 Å². The molecule has 2 heterocycles. The summed E-state index contributed by atoms with van der Waals surface area (Å²) in [6.07, 6.45) is 7.75. The van der Waals surface area contributed by atoms with Crippen LogP contribution in [0.1, 0.15) is 59.3 Å². The van der Waals surface area contributed by atoms with E-state index in [0.717, 1.165) is 18.8 Å². The summed E-state index contributed by atoms with van der Waals surface area (Å²) >= 11 is 0. The fourth-order valence-corrected chi connectivity index (χ4v) is 4.92. The SMILES string of the molecule is CCC12BC1CCCC1C(=O)N(C(C)C)CCC1C2. The van der Waals surface area contributed by atoms with Gasteiger partial charge in [-0.2, -0.15) is 0 Å². The van der Waals surface area contributed by atoms with Crippen molar-refractivity contribution in [3.05, 3.63) is 0 Å². The van der Waals surface area contributed by atoms with Crippen molar-refractivity contribution in [3.8, 4) is 0 Å². The molecule has 3 fully saturated rings. The average Bonchev–Trinajstić information content (AvgIpc) is 3.02. The quantitative estimate of drug-likeness (QED) is 0.699. The molecule has 0 aromatic carbocycles. The van der Waals surface area contributed by atoms with E-state index in [0.29, 0.717) is 29.1 Å². The van der Waals surface area contributed by atoms with Crippen molar-refractivity contribution >= 4 is 13.2 Å². The summed E-state index contributed by atoms with van der Waals surface area (Å²) in [6, 6.07) is 0.382. The second-order valence-electron chi connectivity index (χ2n) is 7.53. The predicted octanol–water partition coefficient (Wildman–Crippen LogP) is 3.24. The van der Waals surface area contributed by atoms with E-state index in [1.54, 1.807) is 0 Å². The van der Waals surface area contributed by atoms with Crippen LogP contribution >= 0.6 is 0 Å². The molecule has 3 rings (SSSR count). The molecule has 19 heavy (non-hydrogen) atoms. The first-order valence-electron chi connectivity index (χ1n) is 8.38. The Balaban J connectivity index is 1.76. The maximum atomic E-state index is 12.7. The summed E-state index contributed by atoms with van der Waals surface area (Å²) in [5.41, 5.74) is 0. The fourth-order valence-electron chi connectivity index (χ4n) is 4.92. The molecule has 1 amide bonds. The van der Waals surface area contributed by atoms with Gasteiger partial charge in [0.2, 0.25) is 5.91 Å². The van der Waals surface area contributed by atoms with Gasteiger partial charge in [-0.15, -0.1) is 0 Å². The minimum Gasteiger partial charge on any atom is -0.340 e. The molecule has 106 valence electrons. The number of carbonyl (C=O) groups excluding carboxylic acids is 1. The normalized spacial score (nSPS) is 42.0. The van der Waals surface area contributed by atoms with Crippen molar-refractivity contribution in [1.82, 2.24) is 4.90 Å². The smallest absolute Gasteiger partial charge is 0.226 e. The fraction of sp³-hybridized carbons (Fsp3) is 0.938. The molecule has 0 bridgehead atoms. The summed E-state index contributed by atoms with van der Waals surface area (Å²) < 4.78 is 0. The molecule has 0 aromatic heterocycles. The van der Waals surface area contributed by atoms with Gasteiger partial charge in [0.25, 0.3) is 0 Å². The number of nitrogens with zero attached hydrogens (tertiary/aromatic N) is 1. The molecule has 0 aromatic rings. The number of piperidine rings is 1. The summed E-state index contributed by atoms with van der Waals surface area (Å²) in [5.74, 6) is 2.50. The standard InChI is InChI=1S/C16H28BNO/c1-4-16-10-12-8-9-18(11(2)3)15(19)13(12)6-5-7-14(16)17-16/h11-14,17H,4-10H2,1-3H3. The summed E-state index contributed by atoms with van der Waals surface area (Å²) in [4.78, 5) is 14.8. The van der Waals surface area contributed by atoms with Crippen molar-refractivity contribution < 1.29 is 4.79 Å². The van der Waals surface area contributed by atoms with Gasteiger partial charge in [0.15, 0.2) is 0 Å². The molecule has 3 heteroatoms. The molecular weight excluding hydrogens is 233 g/mol. The largest absolute Gasteiger partial charge is 0.340 e. The number of fused-ring (bicyclic) bond motifs is 2. The lowest BCUT2D eigenvalue weighted by molar-refractivity contribution is -0.144. The van der Waals surface area contributed by atoms with E-state index >= 15 is 0 Å². The molecule has 3 aliphatic rings. The molecule has 2 saturated heterocycles. The van der Waals surface area contributed by atoms with Crippen molar-refractivity contribution in [2.24, 2.45) is 11.8 Å². The van der Waals surface area contributed by atoms with Crippen LogP contribution in [0.15, 0.2) is 0 Å². The molecular formula is C16H28BNO. The number of rotatable bonds is 2. The number of amides is 1. The van der Waals surface area contributed by atoms with Crippen LogP contribution < -0.4 is 0 Å². The van der Waals surface area contributed by atoms with Crippen LogP contribution in [0.3, 0.4) is 0 Å². The highest BCUT2D eigenvalue weighted by atomic mass is 16.2. The minimum atomic E-state index is 0.348. The lowest BCUT2D eigenvalue weighted by Gasteiger charge is -2.42. The number of hydrogen-bond acceptors (Lipinski definition) is 1. The van der Waals surface area contributed by atoms with Gasteiger partial charge >= 0.3 is 0 Å². The topological polar surface area (TPSA) is 20.3 Å². The third-order valence-corrected chi connectivity index (χ3v) is 6.33. The van der Waals surface area contributed by atoms with Crippen LogP contribution in [0, 0.1) is 11.8 Å². The summed E-state index contributed by atoms with van der Waals surface area (Å²) in [5, 5.41) is 0.642. The van der Waals surface area contributed by atoms with Crippen LogP contribution in [0.4, 0.5) is 0 Å². The monoisotopic (exact) mass is 261 g/mol. The Morgan fingerprint density at radius 1 is 1.37 bits per heavy atom. The van der Waals surface area contributed by atoms with Gasteiger partial charge < -0.3 is 4.90 Å². The van der Waals surface area contributed by atoms with Crippen molar-refractivity contribution in [2.75, 3.05) is 6.54 Å². The van der Waals surface area contributed by atoms with Gasteiger partial charge in [-0.1, -0.05) is 43.7 Å². The third-order valence-electron chi connectivity index (χ3n) is 6.33. The predicted molar refractivity (Wildman–Crippen MR) is 80.8 cm³/mol. The van der Waals surface area contributed by atoms with Crippen LogP contribution in [0.2, 0.25) is 11.1 Å². The number of carbonyl (C=O) groups is 1. The average molecular weight is 261 g/mol. The van der Waals surface area contributed by atoms with E-state index in [1.807, 2.05) is 0 Å². The zero-order chi connectivity index (χ0) is 13.6. The van der Waals surface area contributed by atoms with Gasteiger partial charge in [-0.3, -0.25) is 4.79 Å². The molecule has 2 nitrogen and oxygen atoms in total. The Hall–Kier alpha value is -0.465. The first-order chi connectivity index (χ1) is 9.07. The van der Waals surface area contributed by atoms with E-state index in [-0.39, 0.29) is 0 Å². The molecule has 4 atom stereocenters. The molecule has 4 unspecified atom stereocenters. The van der Waals surface area contributed by atoms with Gasteiger partial charge in [0.1, 0.15) is 7.28 Å². The van der Waals surface area contributed by atoms with Crippen molar-refractivity contribution in [3.63, 3.8) is 0 Å². The van der Waals surface area contributed by atoms with Crippen LogP contribution in [0.25, 0.3) is 0 Å². The van der Waals surface area contributed by atoms with Gasteiger partial charge in [0, 0.05) is 18.5 Å². The second kappa shape index (κ2) is 4.82. The highest BCUT2D eigenvalue weighted by molar-refractivity contribution is 6.56. The van der Waals surface area contributed by atoms with E-state index < -0.39 is 0 Å². The molecule has 2 aliphatic heterocycles. The highest BCUT2D eigenvalue weighted by Crippen LogP contribution is 2.67. The van der Waals surface area contributed by atoms with E-state index in [4.69, 9.17) is 0 Å². The van der Waals surface area contributed by atoms with Crippen molar-refractivity contribution in [1.29, 1.82) is 0 Å². The zero-order valence-corrected chi connectivity index (χ0v) is 12.8. The van der Waals surface area contributed by atoms with Crippen LogP contribution in [0.5, 0.6) is 0 Å². The maximum Gasteiger partial charge on any atom is 0.226 e. The summed E-state index contributed by atoms with van der Waals surface area (Å²) in [6.45, 7) is 7.68. The van der Waals surface area contributed by atoms with E-state index in [2.05, 4.69) is 25.7 Å². The second-order valence-corrected chi connectivity index (χ2v) is 7.53. The molecule has 0 N–H and O–H groups in total. The minimum absolute atomic E-state index is 0.348. The van der Waals surface area contributed by atoms with E-state index in [1.165, 1.54) is 39.4 Å². The third kappa shape index (κ3) is 2.23. The van der Waals surface area contributed by atoms with Crippen LogP contribution in [-0.2, 0) is 4.79 Å². The highest BCUT2D eigenvalue weighted by Gasteiger charge is 2.56. The maximum absolute atomic E-state index is 12.7. The molecule has 1 saturated carbocycles. The van der Waals surface area contributed by atoms with E-state index in [9.17, 15) is 4.79 Å². The first-order valence-corrected chi connectivity index (χ1v) is 8.38. The molecule has 1 aliphatic carbocycles. The Kier molecular flexibility index (Phi) is 3.43. The lowest BCUT2D eigenvalue weighted by atomic mass is 9.70. The molecule has 0 spiro atoms. The van der Waals surface area contributed by atoms with Crippen molar-refractivity contribution in [2.45, 2.75) is 76.5 Å². The summed E-state index contributed by atoms with van der Waals surface area (Å²) in [7, 11) is 1.45. The van der Waals surface area contributed by atoms with Gasteiger partial charge in [-0.05, 0) is 32.6 Å². The van der Waals surface area contributed by atoms with Gasteiger partial charge in [0.05, 0.1) is 0 Å². The number of likely N-dealkylation sites (tertiary alicyclic amines) is 1. The Morgan fingerprint density at radius 2 is 2.16 bits per heavy atom. The molecule has 0 radical (unpaired) electrons. The zero-order valence-electron chi connectivity index (χ0n) is 12.8. The van der Waals surface area contributed by atoms with Gasteiger partial charge in [-0.25, -0.2) is 0 Å². The number of hydrogen-bond donors (Lipinski definition) is 0. The Bertz CT molecular complexity index is 370. The Labute approximate surface area is 118 Å². The Morgan fingerprint density at radius 3 is 2.84 bits per heavy atom. The lowest BCUT2D eigenvalue weighted by Crippen LogP contribution is -2.49.